The highest BCUT2D eigenvalue weighted by Crippen LogP contribution is 2.31. The summed E-state index contributed by atoms with van der Waals surface area (Å²) in [5.41, 5.74) is 6.78. The number of furan rings is 1. The van der Waals surface area contributed by atoms with Crippen LogP contribution in [0.15, 0.2) is 44.6 Å². The first-order chi connectivity index (χ1) is 8.63. The lowest BCUT2D eigenvalue weighted by atomic mass is 10.2. The van der Waals surface area contributed by atoms with Gasteiger partial charge in [-0.25, -0.2) is 4.39 Å². The molecule has 0 fully saturated rings. The molecule has 0 amide bonds. The fourth-order valence-corrected chi connectivity index (χ4v) is 3.27. The maximum absolute atomic E-state index is 13.1. The fraction of sp³-hybridized carbons (Fsp3) is 0.0769. The summed E-state index contributed by atoms with van der Waals surface area (Å²) in [4.78, 5) is 1.00. The van der Waals surface area contributed by atoms with Crippen LogP contribution >= 0.6 is 27.3 Å². The first-order valence-electron chi connectivity index (χ1n) is 5.32. The lowest BCUT2D eigenvalue weighted by Gasteiger charge is -2.04. The summed E-state index contributed by atoms with van der Waals surface area (Å²) in [6, 6.07) is 7.87. The van der Waals surface area contributed by atoms with Crippen molar-refractivity contribution in [3.63, 3.8) is 0 Å². The van der Waals surface area contributed by atoms with Gasteiger partial charge in [-0.1, -0.05) is 0 Å². The van der Waals surface area contributed by atoms with E-state index >= 15 is 0 Å². The average Bonchev–Trinajstić information content (AvgIpc) is 2.93. The van der Waals surface area contributed by atoms with Crippen molar-refractivity contribution in [1.29, 1.82) is 0 Å². The van der Waals surface area contributed by atoms with E-state index in [2.05, 4.69) is 15.9 Å². The quantitative estimate of drug-likeness (QED) is 0.756. The first-order valence-corrected chi connectivity index (χ1v) is 6.99. The van der Waals surface area contributed by atoms with Crippen molar-refractivity contribution in [3.05, 3.63) is 56.6 Å². The number of rotatable bonds is 2. The van der Waals surface area contributed by atoms with Crippen LogP contribution in [0.25, 0.3) is 11.0 Å². The van der Waals surface area contributed by atoms with E-state index in [0.29, 0.717) is 11.3 Å². The second-order valence-corrected chi connectivity index (χ2v) is 5.83. The van der Waals surface area contributed by atoms with Crippen LogP contribution in [0.2, 0.25) is 0 Å². The number of hydrogen-bond acceptors (Lipinski definition) is 3. The molecule has 3 rings (SSSR count). The predicted octanol–water partition coefficient (Wildman–Crippen LogP) is 4.44. The monoisotopic (exact) mass is 325 g/mol. The van der Waals surface area contributed by atoms with Crippen LogP contribution in [0, 0.1) is 5.82 Å². The highest BCUT2D eigenvalue weighted by atomic mass is 79.9. The molecule has 0 aliphatic heterocycles. The Bertz CT molecular complexity index is 706. The van der Waals surface area contributed by atoms with Crippen LogP contribution in [0.1, 0.15) is 16.7 Å². The summed E-state index contributed by atoms with van der Waals surface area (Å²) < 4.78 is 19.7. The molecule has 0 saturated carbocycles. The molecule has 0 saturated heterocycles. The Labute approximate surface area is 115 Å². The van der Waals surface area contributed by atoms with Gasteiger partial charge in [0.05, 0.1) is 6.04 Å². The summed E-state index contributed by atoms with van der Waals surface area (Å²) in [5.74, 6) is 0.368. The van der Waals surface area contributed by atoms with E-state index in [1.54, 1.807) is 23.5 Å². The Morgan fingerprint density at radius 1 is 1.28 bits per heavy atom. The number of hydrogen-bond donors (Lipinski definition) is 1. The van der Waals surface area contributed by atoms with E-state index < -0.39 is 0 Å². The standard InChI is InChI=1S/C13H9BrFNOS/c14-8-5-12(18-6-8)13(16)11-4-7-3-9(15)1-2-10(7)17-11/h1-6,13H,16H2. The molecule has 2 heterocycles. The van der Waals surface area contributed by atoms with Crippen molar-refractivity contribution in [3.8, 4) is 0 Å². The van der Waals surface area contributed by atoms with Gasteiger partial charge in [-0.15, -0.1) is 11.3 Å². The smallest absolute Gasteiger partial charge is 0.134 e. The molecule has 18 heavy (non-hydrogen) atoms. The predicted molar refractivity (Wildman–Crippen MR) is 74.2 cm³/mol. The van der Waals surface area contributed by atoms with Crippen LogP contribution < -0.4 is 5.73 Å². The van der Waals surface area contributed by atoms with Crippen molar-refractivity contribution in [2.45, 2.75) is 6.04 Å². The summed E-state index contributed by atoms with van der Waals surface area (Å²) in [6.07, 6.45) is 0. The van der Waals surface area contributed by atoms with E-state index in [1.807, 2.05) is 11.4 Å². The molecule has 2 N–H and O–H groups in total. The zero-order valence-corrected chi connectivity index (χ0v) is 11.6. The van der Waals surface area contributed by atoms with Crippen LogP contribution in [0.3, 0.4) is 0 Å². The Balaban J connectivity index is 2.03. The Hall–Kier alpha value is -1.17. The number of nitrogens with two attached hydrogens (primary N) is 1. The van der Waals surface area contributed by atoms with Gasteiger partial charge < -0.3 is 10.2 Å². The molecule has 5 heteroatoms. The highest BCUT2D eigenvalue weighted by molar-refractivity contribution is 9.10. The van der Waals surface area contributed by atoms with Gasteiger partial charge in [-0.2, -0.15) is 0 Å². The summed E-state index contributed by atoms with van der Waals surface area (Å²) in [6.45, 7) is 0. The highest BCUT2D eigenvalue weighted by Gasteiger charge is 2.16. The minimum atomic E-state index is -0.322. The van der Waals surface area contributed by atoms with Crippen LogP contribution in [-0.2, 0) is 0 Å². The van der Waals surface area contributed by atoms with E-state index in [-0.39, 0.29) is 11.9 Å². The molecule has 0 spiro atoms. The van der Waals surface area contributed by atoms with Crippen LogP contribution in [0.5, 0.6) is 0 Å². The second kappa shape index (κ2) is 4.50. The molecular formula is C13H9BrFNOS. The molecule has 0 bridgehead atoms. The van der Waals surface area contributed by atoms with Crippen molar-refractivity contribution < 1.29 is 8.81 Å². The summed E-state index contributed by atoms with van der Waals surface area (Å²) in [7, 11) is 0. The van der Waals surface area contributed by atoms with E-state index in [0.717, 1.165) is 14.7 Å². The zero-order chi connectivity index (χ0) is 12.7. The first kappa shape index (κ1) is 11.9. The molecule has 1 aromatic carbocycles. The average molecular weight is 326 g/mol. The molecule has 2 nitrogen and oxygen atoms in total. The third kappa shape index (κ3) is 2.09. The topological polar surface area (TPSA) is 39.2 Å². The fourth-order valence-electron chi connectivity index (χ4n) is 1.82. The van der Waals surface area contributed by atoms with E-state index in [4.69, 9.17) is 10.2 Å². The van der Waals surface area contributed by atoms with E-state index in [9.17, 15) is 4.39 Å². The maximum Gasteiger partial charge on any atom is 0.134 e. The molecule has 92 valence electrons. The summed E-state index contributed by atoms with van der Waals surface area (Å²) in [5, 5.41) is 2.70. The number of benzene rings is 1. The minimum Gasteiger partial charge on any atom is -0.459 e. The minimum absolute atomic E-state index is 0.276. The third-order valence-electron chi connectivity index (χ3n) is 2.70. The van der Waals surface area contributed by atoms with Crippen molar-refractivity contribution in [1.82, 2.24) is 0 Å². The number of thiophene rings is 1. The third-order valence-corrected chi connectivity index (χ3v) is 4.47. The molecule has 0 aliphatic rings. The molecule has 0 aliphatic carbocycles. The van der Waals surface area contributed by atoms with Gasteiger partial charge in [0.15, 0.2) is 0 Å². The molecule has 0 radical (unpaired) electrons. The molecule has 1 unspecified atom stereocenters. The second-order valence-electron chi connectivity index (χ2n) is 3.98. The molecule has 1 atom stereocenters. The Kier molecular flexibility index (Phi) is 2.97. The van der Waals surface area contributed by atoms with Crippen molar-refractivity contribution in [2.24, 2.45) is 5.73 Å². The Morgan fingerprint density at radius 3 is 2.83 bits per heavy atom. The van der Waals surface area contributed by atoms with Crippen molar-refractivity contribution in [2.75, 3.05) is 0 Å². The van der Waals surface area contributed by atoms with Gasteiger partial charge in [0.2, 0.25) is 0 Å². The molecular weight excluding hydrogens is 317 g/mol. The lowest BCUT2D eigenvalue weighted by molar-refractivity contribution is 0.527. The Morgan fingerprint density at radius 2 is 2.11 bits per heavy atom. The zero-order valence-electron chi connectivity index (χ0n) is 9.19. The molecule has 3 aromatic rings. The number of halogens is 2. The lowest BCUT2D eigenvalue weighted by Crippen LogP contribution is -2.08. The van der Waals surface area contributed by atoms with Gasteiger partial charge in [0.25, 0.3) is 0 Å². The van der Waals surface area contributed by atoms with Gasteiger partial charge in [0.1, 0.15) is 17.2 Å². The number of fused-ring (bicyclic) bond motifs is 1. The van der Waals surface area contributed by atoms with Gasteiger partial charge >= 0.3 is 0 Å². The van der Waals surface area contributed by atoms with Crippen molar-refractivity contribution >= 4 is 38.2 Å². The van der Waals surface area contributed by atoms with E-state index in [1.165, 1.54) is 12.1 Å². The van der Waals surface area contributed by atoms with Gasteiger partial charge in [0, 0.05) is 20.1 Å². The largest absolute Gasteiger partial charge is 0.459 e. The van der Waals surface area contributed by atoms with Crippen LogP contribution in [-0.4, -0.2) is 0 Å². The maximum atomic E-state index is 13.1. The normalized spacial score (nSPS) is 13.1. The SMILES string of the molecule is NC(c1cc2cc(F)ccc2o1)c1cc(Br)cs1. The van der Waals surface area contributed by atoms with Gasteiger partial charge in [-0.3, -0.25) is 0 Å². The molecule has 2 aromatic heterocycles. The van der Waals surface area contributed by atoms with Gasteiger partial charge in [-0.05, 0) is 46.3 Å². The van der Waals surface area contributed by atoms with Crippen LogP contribution in [0.4, 0.5) is 4.39 Å². The summed E-state index contributed by atoms with van der Waals surface area (Å²) >= 11 is 4.95.